The van der Waals surface area contributed by atoms with E-state index in [9.17, 15) is 9.59 Å². The summed E-state index contributed by atoms with van der Waals surface area (Å²) in [6.45, 7) is 4.43. The molecule has 1 aliphatic rings. The van der Waals surface area contributed by atoms with Crippen LogP contribution in [0.1, 0.15) is 25.6 Å². The number of carbonyl (C=O) groups is 1. The van der Waals surface area contributed by atoms with Crippen molar-refractivity contribution in [2.75, 3.05) is 26.4 Å². The highest BCUT2D eigenvalue weighted by molar-refractivity contribution is 5.80. The Morgan fingerprint density at radius 2 is 2.28 bits per heavy atom. The van der Waals surface area contributed by atoms with Gasteiger partial charge in [0.1, 0.15) is 11.6 Å². The van der Waals surface area contributed by atoms with Gasteiger partial charge in [-0.1, -0.05) is 0 Å². The number of rotatable bonds is 8. The number of hydrogen-bond acceptors (Lipinski definition) is 5. The lowest BCUT2D eigenvalue weighted by atomic mass is 10.2. The number of fused-ring (bicyclic) bond motifs is 2. The zero-order chi connectivity index (χ0) is 17.6. The van der Waals surface area contributed by atoms with Crippen LogP contribution in [0, 0.1) is 0 Å². The first kappa shape index (κ1) is 17.4. The van der Waals surface area contributed by atoms with Gasteiger partial charge in [-0.05, 0) is 38.0 Å². The van der Waals surface area contributed by atoms with Crippen LogP contribution in [0.25, 0.3) is 10.9 Å². The summed E-state index contributed by atoms with van der Waals surface area (Å²) in [6, 6.07) is 5.17. The number of ether oxygens (including phenoxy) is 2. The van der Waals surface area contributed by atoms with Crippen molar-refractivity contribution in [3.05, 3.63) is 34.4 Å². The van der Waals surface area contributed by atoms with Gasteiger partial charge in [0.25, 0.3) is 11.5 Å². The molecule has 1 N–H and O–H groups in total. The lowest BCUT2D eigenvalue weighted by Gasteiger charge is -2.09. The van der Waals surface area contributed by atoms with Crippen molar-refractivity contribution in [3.63, 3.8) is 0 Å². The molecule has 3 rings (SSSR count). The van der Waals surface area contributed by atoms with Gasteiger partial charge in [-0.3, -0.25) is 14.2 Å². The molecule has 2 aromatic rings. The highest BCUT2D eigenvalue weighted by Gasteiger charge is 2.16. The Labute approximate surface area is 146 Å². The second-order valence-electron chi connectivity index (χ2n) is 5.96. The second-order valence-corrected chi connectivity index (χ2v) is 5.96. The Bertz CT molecular complexity index is 816. The van der Waals surface area contributed by atoms with Crippen LogP contribution in [0.3, 0.4) is 0 Å². The van der Waals surface area contributed by atoms with Gasteiger partial charge in [0, 0.05) is 32.7 Å². The van der Waals surface area contributed by atoms with E-state index in [4.69, 9.17) is 9.47 Å². The Kier molecular flexibility index (Phi) is 5.65. The van der Waals surface area contributed by atoms with Gasteiger partial charge in [0.2, 0.25) is 0 Å². The van der Waals surface area contributed by atoms with E-state index in [2.05, 4.69) is 10.3 Å². The molecule has 134 valence electrons. The Morgan fingerprint density at radius 1 is 1.40 bits per heavy atom. The van der Waals surface area contributed by atoms with Crippen molar-refractivity contribution in [1.82, 2.24) is 14.9 Å². The fourth-order valence-electron chi connectivity index (χ4n) is 2.90. The van der Waals surface area contributed by atoms with Gasteiger partial charge in [0.15, 0.2) is 6.61 Å². The molecule has 0 spiro atoms. The van der Waals surface area contributed by atoms with Crippen LogP contribution < -0.4 is 15.6 Å². The number of nitrogens with one attached hydrogen (secondary N) is 1. The fourth-order valence-corrected chi connectivity index (χ4v) is 2.90. The molecule has 0 bridgehead atoms. The molecule has 0 saturated carbocycles. The third-order valence-electron chi connectivity index (χ3n) is 4.15. The average Bonchev–Trinajstić information content (AvgIpc) is 3.09. The van der Waals surface area contributed by atoms with Gasteiger partial charge in [-0.2, -0.15) is 0 Å². The van der Waals surface area contributed by atoms with Gasteiger partial charge in [-0.15, -0.1) is 0 Å². The summed E-state index contributed by atoms with van der Waals surface area (Å²) in [5.74, 6) is 1.15. The highest BCUT2D eigenvalue weighted by atomic mass is 16.5. The maximum Gasteiger partial charge on any atom is 0.261 e. The molecule has 0 unspecified atom stereocenters. The molecule has 0 radical (unpaired) electrons. The Balaban J connectivity index is 1.59. The van der Waals surface area contributed by atoms with E-state index in [1.54, 1.807) is 22.8 Å². The molecule has 0 aliphatic carbocycles. The van der Waals surface area contributed by atoms with Crippen molar-refractivity contribution in [2.45, 2.75) is 32.7 Å². The molecule has 1 amide bonds. The summed E-state index contributed by atoms with van der Waals surface area (Å²) in [5, 5.41) is 3.30. The predicted octanol–water partition coefficient (Wildman–Crippen LogP) is 1.26. The van der Waals surface area contributed by atoms with Crippen molar-refractivity contribution >= 4 is 16.8 Å². The van der Waals surface area contributed by atoms with Gasteiger partial charge < -0.3 is 14.8 Å². The van der Waals surface area contributed by atoms with Crippen LogP contribution in [-0.4, -0.2) is 41.8 Å². The lowest BCUT2D eigenvalue weighted by molar-refractivity contribution is -0.123. The second kappa shape index (κ2) is 8.11. The zero-order valence-corrected chi connectivity index (χ0v) is 14.4. The van der Waals surface area contributed by atoms with Crippen LogP contribution in [-0.2, 0) is 22.5 Å². The van der Waals surface area contributed by atoms with Crippen LogP contribution in [0.15, 0.2) is 23.0 Å². The molecular formula is C18H23N3O4. The minimum atomic E-state index is -0.194. The van der Waals surface area contributed by atoms with Crippen LogP contribution in [0.5, 0.6) is 5.75 Å². The molecule has 1 aromatic carbocycles. The van der Waals surface area contributed by atoms with E-state index in [0.29, 0.717) is 43.0 Å². The molecule has 7 heteroatoms. The van der Waals surface area contributed by atoms with E-state index in [1.165, 1.54) is 0 Å². The molecule has 1 aliphatic heterocycles. The number of nitrogens with zero attached hydrogens (tertiary/aromatic N) is 2. The van der Waals surface area contributed by atoms with Crippen LogP contribution in [0.4, 0.5) is 0 Å². The van der Waals surface area contributed by atoms with Crippen molar-refractivity contribution in [2.24, 2.45) is 0 Å². The summed E-state index contributed by atoms with van der Waals surface area (Å²) in [6.07, 6.45) is 2.56. The lowest BCUT2D eigenvalue weighted by Crippen LogP contribution is -2.30. The summed E-state index contributed by atoms with van der Waals surface area (Å²) in [7, 11) is 0. The molecule has 25 heavy (non-hydrogen) atoms. The SMILES string of the molecule is CCOCCCNC(=O)COc1ccc2nc3n(c(=O)c2c1)CCC3. The Hall–Kier alpha value is -2.41. The summed E-state index contributed by atoms with van der Waals surface area (Å²) < 4.78 is 12.4. The first-order valence-electron chi connectivity index (χ1n) is 8.69. The number of hydrogen-bond donors (Lipinski definition) is 1. The van der Waals surface area contributed by atoms with Gasteiger partial charge in [-0.25, -0.2) is 4.98 Å². The summed E-state index contributed by atoms with van der Waals surface area (Å²) >= 11 is 0. The molecular weight excluding hydrogens is 322 g/mol. The first-order valence-corrected chi connectivity index (χ1v) is 8.69. The summed E-state index contributed by atoms with van der Waals surface area (Å²) in [4.78, 5) is 28.8. The van der Waals surface area contributed by atoms with E-state index in [1.807, 2.05) is 6.92 Å². The average molecular weight is 345 g/mol. The smallest absolute Gasteiger partial charge is 0.261 e. The van der Waals surface area contributed by atoms with E-state index in [0.717, 1.165) is 25.1 Å². The largest absolute Gasteiger partial charge is 0.484 e. The maximum atomic E-state index is 12.5. The Morgan fingerprint density at radius 3 is 3.12 bits per heavy atom. The van der Waals surface area contributed by atoms with Crippen molar-refractivity contribution in [1.29, 1.82) is 0 Å². The minimum Gasteiger partial charge on any atom is -0.484 e. The maximum absolute atomic E-state index is 12.5. The van der Waals surface area contributed by atoms with E-state index >= 15 is 0 Å². The quantitative estimate of drug-likeness (QED) is 0.729. The normalized spacial score (nSPS) is 13.0. The third-order valence-corrected chi connectivity index (χ3v) is 4.15. The fraction of sp³-hybridized carbons (Fsp3) is 0.500. The molecule has 7 nitrogen and oxygen atoms in total. The number of carbonyl (C=O) groups excluding carboxylic acids is 1. The first-order chi connectivity index (χ1) is 12.2. The third kappa shape index (κ3) is 4.17. The van der Waals surface area contributed by atoms with E-state index in [-0.39, 0.29) is 18.1 Å². The zero-order valence-electron chi connectivity index (χ0n) is 14.4. The minimum absolute atomic E-state index is 0.0386. The van der Waals surface area contributed by atoms with E-state index < -0.39 is 0 Å². The summed E-state index contributed by atoms with van der Waals surface area (Å²) in [5.41, 5.74) is 0.634. The number of aryl methyl sites for hydroxylation is 1. The number of amides is 1. The standard InChI is InChI=1S/C18H23N3O4/c1-2-24-10-4-8-19-17(22)12-25-13-6-7-15-14(11-13)18(23)21-9-3-5-16(21)20-15/h6-7,11H,2-5,8-10,12H2,1H3,(H,19,22). The number of aromatic nitrogens is 2. The van der Waals surface area contributed by atoms with Crippen LogP contribution >= 0.6 is 0 Å². The van der Waals surface area contributed by atoms with Crippen LogP contribution in [0.2, 0.25) is 0 Å². The molecule has 0 fully saturated rings. The molecule has 0 saturated heterocycles. The van der Waals surface area contributed by atoms with Crippen molar-refractivity contribution < 1.29 is 14.3 Å². The van der Waals surface area contributed by atoms with Crippen molar-refractivity contribution in [3.8, 4) is 5.75 Å². The predicted molar refractivity (Wildman–Crippen MR) is 93.9 cm³/mol. The molecule has 1 aromatic heterocycles. The van der Waals surface area contributed by atoms with Gasteiger partial charge >= 0.3 is 0 Å². The van der Waals surface area contributed by atoms with Gasteiger partial charge in [0.05, 0.1) is 10.9 Å². The topological polar surface area (TPSA) is 82.4 Å². The molecule has 2 heterocycles. The number of benzene rings is 1. The monoisotopic (exact) mass is 345 g/mol. The molecule has 0 atom stereocenters. The highest BCUT2D eigenvalue weighted by Crippen LogP contribution is 2.19.